The zero-order valence-corrected chi connectivity index (χ0v) is 14.6. The van der Waals surface area contributed by atoms with Gasteiger partial charge in [-0.05, 0) is 37.7 Å². The lowest BCUT2D eigenvalue weighted by Crippen LogP contribution is -2.48. The van der Waals surface area contributed by atoms with Crippen LogP contribution in [-0.4, -0.2) is 35.4 Å². The van der Waals surface area contributed by atoms with Crippen molar-refractivity contribution in [2.24, 2.45) is 5.92 Å². The lowest BCUT2D eigenvalue weighted by atomic mass is 9.75. The fourth-order valence-electron chi connectivity index (χ4n) is 3.28. The summed E-state index contributed by atoms with van der Waals surface area (Å²) in [6.07, 6.45) is 1.88. The van der Waals surface area contributed by atoms with Crippen molar-refractivity contribution in [1.82, 2.24) is 10.5 Å². The van der Waals surface area contributed by atoms with Crippen LogP contribution in [0.4, 0.5) is 0 Å². The van der Waals surface area contributed by atoms with Gasteiger partial charge in [-0.25, -0.2) is 0 Å². The minimum atomic E-state index is -0.265. The smallest absolute Gasteiger partial charge is 0.274 e. The molecule has 0 spiro atoms. The number of aromatic nitrogens is 1. The van der Waals surface area contributed by atoms with E-state index in [2.05, 4.69) is 10.5 Å². The molecule has 6 nitrogen and oxygen atoms in total. The van der Waals surface area contributed by atoms with Crippen molar-refractivity contribution in [2.45, 2.75) is 44.9 Å². The van der Waals surface area contributed by atoms with Gasteiger partial charge in [0.15, 0.2) is 5.69 Å². The molecule has 0 saturated heterocycles. The molecular formula is C19H24N2O4. The molecule has 134 valence electrons. The lowest BCUT2D eigenvalue weighted by Gasteiger charge is -2.38. The summed E-state index contributed by atoms with van der Waals surface area (Å²) in [4.78, 5) is 12.7. The fourth-order valence-corrected chi connectivity index (χ4v) is 3.28. The van der Waals surface area contributed by atoms with Crippen LogP contribution in [0.3, 0.4) is 0 Å². The number of aliphatic hydroxyl groups is 1. The second-order valence-corrected chi connectivity index (χ2v) is 6.65. The SMILES string of the molecule is COCc1c(C(=O)N[C@H](Cc2ccccc2)C2CC(O)C2)noc1C. The van der Waals surface area contributed by atoms with Crippen molar-refractivity contribution in [3.05, 3.63) is 52.9 Å². The molecule has 1 aliphatic carbocycles. The van der Waals surface area contributed by atoms with Gasteiger partial charge in [0, 0.05) is 13.2 Å². The van der Waals surface area contributed by atoms with Gasteiger partial charge in [-0.1, -0.05) is 35.5 Å². The third-order valence-electron chi connectivity index (χ3n) is 4.82. The van der Waals surface area contributed by atoms with Gasteiger partial charge in [0.1, 0.15) is 5.76 Å². The molecule has 2 aromatic rings. The van der Waals surface area contributed by atoms with E-state index in [1.54, 1.807) is 14.0 Å². The summed E-state index contributed by atoms with van der Waals surface area (Å²) >= 11 is 0. The molecule has 1 amide bonds. The van der Waals surface area contributed by atoms with Gasteiger partial charge in [-0.15, -0.1) is 0 Å². The molecule has 0 aliphatic heterocycles. The predicted octanol–water partition coefficient (Wildman–Crippen LogP) is 2.24. The van der Waals surface area contributed by atoms with Gasteiger partial charge in [0.25, 0.3) is 5.91 Å². The van der Waals surface area contributed by atoms with Gasteiger partial charge in [0.2, 0.25) is 0 Å². The first-order valence-electron chi connectivity index (χ1n) is 8.55. The summed E-state index contributed by atoms with van der Waals surface area (Å²) in [5, 5.41) is 16.6. The van der Waals surface area contributed by atoms with E-state index in [-0.39, 0.29) is 36.3 Å². The zero-order chi connectivity index (χ0) is 17.8. The Balaban J connectivity index is 1.74. The van der Waals surface area contributed by atoms with Crippen molar-refractivity contribution in [3.63, 3.8) is 0 Å². The molecule has 1 aromatic heterocycles. The van der Waals surface area contributed by atoms with Gasteiger partial charge < -0.3 is 19.7 Å². The minimum absolute atomic E-state index is 0.0503. The topological polar surface area (TPSA) is 84.6 Å². The summed E-state index contributed by atoms with van der Waals surface area (Å²) in [6.45, 7) is 2.05. The molecule has 25 heavy (non-hydrogen) atoms. The van der Waals surface area contributed by atoms with Gasteiger partial charge >= 0.3 is 0 Å². The van der Waals surface area contributed by atoms with Crippen LogP contribution in [0.2, 0.25) is 0 Å². The summed E-state index contributed by atoms with van der Waals surface area (Å²) in [7, 11) is 1.57. The maximum absolute atomic E-state index is 12.7. The number of methoxy groups -OCH3 is 1. The van der Waals surface area contributed by atoms with Gasteiger partial charge in [-0.2, -0.15) is 0 Å². The Bertz CT molecular complexity index is 707. The van der Waals surface area contributed by atoms with Crippen molar-refractivity contribution >= 4 is 5.91 Å². The van der Waals surface area contributed by atoms with Gasteiger partial charge in [0.05, 0.1) is 18.3 Å². The summed E-state index contributed by atoms with van der Waals surface area (Å²) in [5.41, 5.74) is 2.10. The largest absolute Gasteiger partial charge is 0.393 e. The number of benzene rings is 1. The molecule has 6 heteroatoms. The highest BCUT2D eigenvalue weighted by molar-refractivity contribution is 5.94. The Labute approximate surface area is 147 Å². The third kappa shape index (κ3) is 4.08. The lowest BCUT2D eigenvalue weighted by molar-refractivity contribution is 0.0238. The Kier molecular flexibility index (Phi) is 5.50. The number of hydrogen-bond donors (Lipinski definition) is 2. The first-order chi connectivity index (χ1) is 12.1. The maximum Gasteiger partial charge on any atom is 0.274 e. The molecular weight excluding hydrogens is 320 g/mol. The third-order valence-corrected chi connectivity index (χ3v) is 4.82. The minimum Gasteiger partial charge on any atom is -0.393 e. The Hall–Kier alpha value is -2.18. The normalized spacial score (nSPS) is 20.8. The average Bonchev–Trinajstić information content (AvgIpc) is 2.94. The van der Waals surface area contributed by atoms with Crippen LogP contribution >= 0.6 is 0 Å². The molecule has 0 radical (unpaired) electrons. The monoisotopic (exact) mass is 344 g/mol. The summed E-state index contributed by atoms with van der Waals surface area (Å²) in [6, 6.07) is 9.99. The van der Waals surface area contributed by atoms with Crippen molar-refractivity contribution < 1.29 is 19.2 Å². The van der Waals surface area contributed by atoms with Crippen LogP contribution in [0.5, 0.6) is 0 Å². The molecule has 1 aliphatic rings. The highest BCUT2D eigenvalue weighted by Crippen LogP contribution is 2.32. The number of nitrogens with zero attached hydrogens (tertiary/aromatic N) is 1. The number of aliphatic hydroxyl groups excluding tert-OH is 1. The molecule has 1 aromatic carbocycles. The predicted molar refractivity (Wildman–Crippen MR) is 92.1 cm³/mol. The van der Waals surface area contributed by atoms with E-state index in [9.17, 15) is 9.90 Å². The molecule has 1 saturated carbocycles. The zero-order valence-electron chi connectivity index (χ0n) is 14.6. The van der Waals surface area contributed by atoms with Gasteiger partial charge in [-0.3, -0.25) is 4.79 Å². The molecule has 3 rings (SSSR count). The van der Waals surface area contributed by atoms with Crippen molar-refractivity contribution in [1.29, 1.82) is 0 Å². The number of rotatable bonds is 7. The van der Waals surface area contributed by atoms with E-state index in [1.807, 2.05) is 30.3 Å². The number of carbonyl (C=O) groups is 1. The molecule has 2 N–H and O–H groups in total. The highest BCUT2D eigenvalue weighted by Gasteiger charge is 2.35. The Morgan fingerprint density at radius 3 is 2.76 bits per heavy atom. The average molecular weight is 344 g/mol. The van der Waals surface area contributed by atoms with E-state index < -0.39 is 0 Å². The van der Waals surface area contributed by atoms with E-state index in [0.717, 1.165) is 12.0 Å². The van der Waals surface area contributed by atoms with E-state index in [4.69, 9.17) is 9.26 Å². The van der Waals surface area contributed by atoms with E-state index in [0.29, 0.717) is 24.2 Å². The number of hydrogen-bond acceptors (Lipinski definition) is 5. The quantitative estimate of drug-likeness (QED) is 0.805. The molecule has 0 unspecified atom stereocenters. The summed E-state index contributed by atoms with van der Waals surface area (Å²) in [5.74, 6) is 0.593. The standard InChI is InChI=1S/C19H24N2O4/c1-12-16(11-24-2)18(21-25-12)19(23)20-17(14-9-15(22)10-14)8-13-6-4-3-5-7-13/h3-7,14-15,17,22H,8-11H2,1-2H3,(H,20,23)/t14?,15?,17-/m1/s1. The van der Waals surface area contributed by atoms with Crippen LogP contribution < -0.4 is 5.32 Å². The number of carbonyl (C=O) groups excluding carboxylic acids is 1. The van der Waals surface area contributed by atoms with E-state index in [1.165, 1.54) is 0 Å². The first-order valence-corrected chi connectivity index (χ1v) is 8.55. The van der Waals surface area contributed by atoms with Crippen molar-refractivity contribution in [3.8, 4) is 0 Å². The number of nitrogens with one attached hydrogen (secondary N) is 1. The van der Waals surface area contributed by atoms with Crippen LogP contribution in [0.25, 0.3) is 0 Å². The Morgan fingerprint density at radius 2 is 2.12 bits per heavy atom. The summed E-state index contributed by atoms with van der Waals surface area (Å²) < 4.78 is 10.3. The van der Waals surface area contributed by atoms with Crippen LogP contribution in [-0.2, 0) is 17.8 Å². The number of aryl methyl sites for hydroxylation is 1. The van der Waals surface area contributed by atoms with E-state index >= 15 is 0 Å². The first kappa shape index (κ1) is 17.6. The fraction of sp³-hybridized carbons (Fsp3) is 0.474. The maximum atomic E-state index is 12.7. The number of ether oxygens (including phenoxy) is 1. The highest BCUT2D eigenvalue weighted by atomic mass is 16.5. The molecule has 0 bridgehead atoms. The second kappa shape index (κ2) is 7.80. The molecule has 1 heterocycles. The molecule has 1 fully saturated rings. The van der Waals surface area contributed by atoms with Crippen LogP contribution in [0, 0.1) is 12.8 Å². The number of amides is 1. The van der Waals surface area contributed by atoms with Crippen LogP contribution in [0.15, 0.2) is 34.9 Å². The van der Waals surface area contributed by atoms with Crippen molar-refractivity contribution in [2.75, 3.05) is 7.11 Å². The second-order valence-electron chi connectivity index (χ2n) is 6.65. The Morgan fingerprint density at radius 1 is 1.40 bits per heavy atom. The van der Waals surface area contributed by atoms with Crippen LogP contribution in [0.1, 0.15) is 40.2 Å². The molecule has 1 atom stereocenters.